The minimum absolute atomic E-state index is 0.598. The molecule has 0 N–H and O–H groups in total. The highest BCUT2D eigenvalue weighted by molar-refractivity contribution is 5.21. The molecule has 3 heteroatoms. The third-order valence-corrected chi connectivity index (χ3v) is 2.82. The van der Waals surface area contributed by atoms with Crippen molar-refractivity contribution in [2.75, 3.05) is 0 Å². The highest BCUT2D eigenvalue weighted by Crippen LogP contribution is 2.35. The number of aromatic nitrogens is 2. The maximum absolute atomic E-state index is 5.71. The van der Waals surface area contributed by atoms with Crippen LogP contribution in [-0.2, 0) is 6.61 Å². The minimum atomic E-state index is 0.598. The van der Waals surface area contributed by atoms with Crippen LogP contribution in [0.3, 0.4) is 0 Å². The van der Waals surface area contributed by atoms with Gasteiger partial charge in [-0.3, -0.25) is 0 Å². The van der Waals surface area contributed by atoms with Crippen LogP contribution >= 0.6 is 0 Å². The fourth-order valence-corrected chi connectivity index (χ4v) is 1.80. The Bertz CT molecular complexity index is 460. The van der Waals surface area contributed by atoms with Crippen LogP contribution in [0.2, 0.25) is 0 Å². The van der Waals surface area contributed by atoms with E-state index >= 15 is 0 Å². The van der Waals surface area contributed by atoms with Crippen LogP contribution in [0, 0.1) is 0 Å². The molecule has 2 aromatic rings. The lowest BCUT2D eigenvalue weighted by Crippen LogP contribution is -2.03. The lowest BCUT2D eigenvalue weighted by atomic mass is 10.3. The van der Waals surface area contributed by atoms with Gasteiger partial charge < -0.3 is 9.30 Å². The summed E-state index contributed by atoms with van der Waals surface area (Å²) in [5.41, 5.74) is 1.16. The van der Waals surface area contributed by atoms with Gasteiger partial charge in [0, 0.05) is 6.04 Å². The first-order valence-electron chi connectivity index (χ1n) is 5.62. The van der Waals surface area contributed by atoms with E-state index in [0.29, 0.717) is 12.6 Å². The molecule has 0 spiro atoms. The van der Waals surface area contributed by atoms with Crippen molar-refractivity contribution < 1.29 is 4.74 Å². The molecule has 1 aromatic heterocycles. The van der Waals surface area contributed by atoms with Gasteiger partial charge >= 0.3 is 0 Å². The monoisotopic (exact) mass is 214 g/mol. The van der Waals surface area contributed by atoms with Crippen LogP contribution in [0.25, 0.3) is 0 Å². The third kappa shape index (κ3) is 1.94. The highest BCUT2D eigenvalue weighted by Gasteiger charge is 2.25. The molecule has 0 atom stereocenters. The minimum Gasteiger partial charge on any atom is -0.487 e. The van der Waals surface area contributed by atoms with Crippen LogP contribution < -0.4 is 4.74 Å². The Morgan fingerprint density at radius 3 is 2.81 bits per heavy atom. The van der Waals surface area contributed by atoms with Gasteiger partial charge in [0.25, 0.3) is 0 Å². The molecular weight excluding hydrogens is 200 g/mol. The van der Waals surface area contributed by atoms with Crippen LogP contribution in [-0.4, -0.2) is 9.55 Å². The lowest BCUT2D eigenvalue weighted by molar-refractivity contribution is 0.295. The quantitative estimate of drug-likeness (QED) is 0.782. The van der Waals surface area contributed by atoms with Crippen molar-refractivity contribution in [3.8, 4) is 5.75 Å². The normalized spacial score (nSPS) is 15.0. The van der Waals surface area contributed by atoms with Crippen molar-refractivity contribution in [2.24, 2.45) is 0 Å². The van der Waals surface area contributed by atoms with Crippen molar-refractivity contribution >= 4 is 0 Å². The average molecular weight is 214 g/mol. The fraction of sp³-hybridized carbons (Fsp3) is 0.308. The second kappa shape index (κ2) is 4.00. The molecule has 1 aliphatic rings. The predicted octanol–water partition coefficient (Wildman–Crippen LogP) is 2.80. The Balaban J connectivity index is 1.68. The van der Waals surface area contributed by atoms with Crippen molar-refractivity contribution in [2.45, 2.75) is 25.5 Å². The van der Waals surface area contributed by atoms with Gasteiger partial charge in [-0.2, -0.15) is 0 Å². The van der Waals surface area contributed by atoms with Gasteiger partial charge in [-0.15, -0.1) is 0 Å². The molecule has 1 saturated carbocycles. The molecule has 0 unspecified atom stereocenters. The van der Waals surface area contributed by atoms with Gasteiger partial charge in [0.2, 0.25) is 0 Å². The molecule has 0 bridgehead atoms. The summed E-state index contributed by atoms with van der Waals surface area (Å²) in [5.74, 6) is 0.908. The molecule has 0 aliphatic heterocycles. The second-order valence-corrected chi connectivity index (χ2v) is 4.13. The summed E-state index contributed by atoms with van der Waals surface area (Å²) in [6, 6.07) is 10.6. The maximum Gasteiger partial charge on any atom is 0.130 e. The zero-order chi connectivity index (χ0) is 10.8. The lowest BCUT2D eigenvalue weighted by Gasteiger charge is -2.08. The second-order valence-electron chi connectivity index (χ2n) is 4.13. The van der Waals surface area contributed by atoms with Gasteiger partial charge in [-0.05, 0) is 25.0 Å². The van der Waals surface area contributed by atoms with Gasteiger partial charge in [0.1, 0.15) is 12.4 Å². The van der Waals surface area contributed by atoms with Crippen LogP contribution in [0.5, 0.6) is 5.75 Å². The van der Waals surface area contributed by atoms with E-state index in [1.807, 2.05) is 42.9 Å². The summed E-state index contributed by atoms with van der Waals surface area (Å²) in [7, 11) is 0. The Morgan fingerprint density at radius 2 is 2.06 bits per heavy atom. The highest BCUT2D eigenvalue weighted by atomic mass is 16.5. The molecule has 1 aliphatic carbocycles. The zero-order valence-electron chi connectivity index (χ0n) is 9.04. The van der Waals surface area contributed by atoms with E-state index in [4.69, 9.17) is 4.74 Å². The molecule has 1 aromatic carbocycles. The number of rotatable bonds is 4. The number of para-hydroxylation sites is 1. The Labute approximate surface area is 94.7 Å². The van der Waals surface area contributed by atoms with Gasteiger partial charge in [0.15, 0.2) is 0 Å². The fourth-order valence-electron chi connectivity index (χ4n) is 1.80. The molecule has 1 fully saturated rings. The van der Waals surface area contributed by atoms with Crippen molar-refractivity contribution in [3.05, 3.63) is 48.5 Å². The standard InChI is InChI=1S/C13H14N2O/c1-2-4-13(5-3-1)16-9-12-8-14-10-15(12)11-6-7-11/h1-5,8,10-11H,6-7,9H2. The van der Waals surface area contributed by atoms with E-state index in [2.05, 4.69) is 9.55 Å². The summed E-state index contributed by atoms with van der Waals surface area (Å²) in [6.45, 7) is 0.598. The molecule has 0 radical (unpaired) electrons. The van der Waals surface area contributed by atoms with Crippen LogP contribution in [0.15, 0.2) is 42.9 Å². The van der Waals surface area contributed by atoms with Crippen molar-refractivity contribution in [1.29, 1.82) is 0 Å². The van der Waals surface area contributed by atoms with Crippen LogP contribution in [0.1, 0.15) is 24.6 Å². The van der Waals surface area contributed by atoms with E-state index in [-0.39, 0.29) is 0 Å². The number of hydrogen-bond donors (Lipinski definition) is 0. The first-order chi connectivity index (χ1) is 7.93. The summed E-state index contributed by atoms with van der Waals surface area (Å²) in [4.78, 5) is 4.18. The smallest absolute Gasteiger partial charge is 0.130 e. The molecule has 3 rings (SSSR count). The Morgan fingerprint density at radius 1 is 1.25 bits per heavy atom. The molecule has 1 heterocycles. The number of nitrogens with zero attached hydrogens (tertiary/aromatic N) is 2. The summed E-state index contributed by atoms with van der Waals surface area (Å²) in [6.07, 6.45) is 6.34. The summed E-state index contributed by atoms with van der Waals surface area (Å²) in [5, 5.41) is 0. The van der Waals surface area contributed by atoms with E-state index < -0.39 is 0 Å². The number of imidazole rings is 1. The van der Waals surface area contributed by atoms with Gasteiger partial charge in [-0.1, -0.05) is 18.2 Å². The number of benzene rings is 1. The first kappa shape index (κ1) is 9.46. The van der Waals surface area contributed by atoms with Crippen LogP contribution in [0.4, 0.5) is 0 Å². The zero-order valence-corrected chi connectivity index (χ0v) is 9.04. The Kier molecular flexibility index (Phi) is 2.37. The SMILES string of the molecule is c1ccc(OCc2cncn2C2CC2)cc1. The molecular formula is C13H14N2O. The predicted molar refractivity (Wildman–Crippen MR) is 61.3 cm³/mol. The summed E-state index contributed by atoms with van der Waals surface area (Å²) >= 11 is 0. The van der Waals surface area contributed by atoms with E-state index in [1.165, 1.54) is 12.8 Å². The Hall–Kier alpha value is -1.77. The van der Waals surface area contributed by atoms with E-state index in [1.54, 1.807) is 0 Å². The van der Waals surface area contributed by atoms with Gasteiger partial charge in [0.05, 0.1) is 18.2 Å². The number of hydrogen-bond acceptors (Lipinski definition) is 2. The molecule has 82 valence electrons. The van der Waals surface area contributed by atoms with E-state index in [0.717, 1.165) is 11.4 Å². The van der Waals surface area contributed by atoms with E-state index in [9.17, 15) is 0 Å². The van der Waals surface area contributed by atoms with Crippen molar-refractivity contribution in [1.82, 2.24) is 9.55 Å². The first-order valence-corrected chi connectivity index (χ1v) is 5.62. The molecule has 0 saturated heterocycles. The largest absolute Gasteiger partial charge is 0.487 e. The maximum atomic E-state index is 5.71. The van der Waals surface area contributed by atoms with Crippen molar-refractivity contribution in [3.63, 3.8) is 0 Å². The molecule has 3 nitrogen and oxygen atoms in total. The van der Waals surface area contributed by atoms with Gasteiger partial charge in [-0.25, -0.2) is 4.98 Å². The third-order valence-electron chi connectivity index (χ3n) is 2.82. The summed E-state index contributed by atoms with van der Waals surface area (Å²) < 4.78 is 7.93. The average Bonchev–Trinajstić information content (AvgIpc) is 3.07. The molecule has 16 heavy (non-hydrogen) atoms. The topological polar surface area (TPSA) is 27.1 Å². The number of ether oxygens (including phenoxy) is 1. The molecule has 0 amide bonds.